The van der Waals surface area contributed by atoms with Gasteiger partial charge in [-0.25, -0.2) is 4.98 Å². The average molecular weight is 403 g/mol. The van der Waals surface area contributed by atoms with E-state index in [-0.39, 0.29) is 18.4 Å². The van der Waals surface area contributed by atoms with Crippen LogP contribution in [0, 0.1) is 5.92 Å². The molecule has 2 aromatic heterocycles. The van der Waals surface area contributed by atoms with Gasteiger partial charge in [-0.05, 0) is 29.7 Å². The first kappa shape index (κ1) is 20.1. The zero-order valence-corrected chi connectivity index (χ0v) is 16.7. The first-order chi connectivity index (χ1) is 13.3. The molecule has 1 amide bonds. The predicted octanol–water partition coefficient (Wildman–Crippen LogP) is 3.08. The highest BCUT2D eigenvalue weighted by Crippen LogP contribution is 2.34. The summed E-state index contributed by atoms with van der Waals surface area (Å²) in [6.45, 7) is 3.62. The van der Waals surface area contributed by atoms with E-state index in [2.05, 4.69) is 10.3 Å². The van der Waals surface area contributed by atoms with Crippen molar-refractivity contribution in [3.05, 3.63) is 47.2 Å². The van der Waals surface area contributed by atoms with E-state index in [1.165, 1.54) is 7.11 Å². The lowest BCUT2D eigenvalue weighted by Crippen LogP contribution is -2.39. The minimum atomic E-state index is -0.583. The zero-order chi connectivity index (χ0) is 20.4. The van der Waals surface area contributed by atoms with Gasteiger partial charge < -0.3 is 25.3 Å². The van der Waals surface area contributed by atoms with Gasteiger partial charge in [0.05, 0.1) is 30.5 Å². The summed E-state index contributed by atoms with van der Waals surface area (Å²) in [5, 5.41) is 13.0. The van der Waals surface area contributed by atoms with Crippen molar-refractivity contribution in [2.75, 3.05) is 12.4 Å². The number of carbonyl (C=O) groups excluding carboxylic acids is 1. The number of nitrogens with two attached hydrogens (primary N) is 1. The summed E-state index contributed by atoms with van der Waals surface area (Å²) in [5.41, 5.74) is 9.16. The molecule has 0 aliphatic carbocycles. The largest absolute Gasteiger partial charge is 0.495 e. The van der Waals surface area contributed by atoms with E-state index in [1.807, 2.05) is 24.4 Å². The van der Waals surface area contributed by atoms with Crippen LogP contribution >= 0.6 is 11.6 Å². The number of rotatable bonds is 6. The van der Waals surface area contributed by atoms with Crippen LogP contribution in [0.25, 0.3) is 16.9 Å². The lowest BCUT2D eigenvalue weighted by molar-refractivity contribution is -0.118. The maximum absolute atomic E-state index is 12.2. The number of pyridine rings is 1. The van der Waals surface area contributed by atoms with Crippen molar-refractivity contribution in [1.29, 1.82) is 0 Å². The van der Waals surface area contributed by atoms with Gasteiger partial charge in [-0.3, -0.25) is 4.79 Å². The third-order valence-electron chi connectivity index (χ3n) is 4.57. The molecule has 0 bridgehead atoms. The highest BCUT2D eigenvalue weighted by atomic mass is 35.5. The molecule has 8 heteroatoms. The third-order valence-corrected chi connectivity index (χ3v) is 4.87. The first-order valence-corrected chi connectivity index (χ1v) is 9.24. The highest BCUT2D eigenvalue weighted by molar-refractivity contribution is 6.32. The summed E-state index contributed by atoms with van der Waals surface area (Å²) < 4.78 is 7.03. The molecule has 0 unspecified atom stereocenters. The minimum Gasteiger partial charge on any atom is -0.495 e. The van der Waals surface area contributed by atoms with Gasteiger partial charge >= 0.3 is 0 Å². The van der Waals surface area contributed by atoms with Gasteiger partial charge in [0.2, 0.25) is 5.91 Å². The Kier molecular flexibility index (Phi) is 5.88. The molecular formula is C20H23ClN4O3. The Bertz CT molecular complexity index is 1020. The van der Waals surface area contributed by atoms with Gasteiger partial charge in [-0.2, -0.15) is 0 Å². The van der Waals surface area contributed by atoms with Crippen LogP contribution in [0.2, 0.25) is 5.02 Å². The maximum Gasteiger partial charge on any atom is 0.241 e. The molecule has 0 fully saturated rings. The van der Waals surface area contributed by atoms with Crippen molar-refractivity contribution in [2.45, 2.75) is 26.5 Å². The van der Waals surface area contributed by atoms with E-state index in [0.29, 0.717) is 38.9 Å². The second-order valence-electron chi connectivity index (χ2n) is 6.87. The van der Waals surface area contributed by atoms with Crippen molar-refractivity contribution in [3.8, 4) is 17.0 Å². The average Bonchev–Trinajstić information content (AvgIpc) is 3.10. The number of anilines is 1. The van der Waals surface area contributed by atoms with Crippen LogP contribution < -0.4 is 15.8 Å². The monoisotopic (exact) mass is 402 g/mol. The second-order valence-corrected chi connectivity index (χ2v) is 7.28. The molecule has 28 heavy (non-hydrogen) atoms. The fourth-order valence-corrected chi connectivity index (χ4v) is 3.08. The summed E-state index contributed by atoms with van der Waals surface area (Å²) in [6, 6.07) is 6.37. The van der Waals surface area contributed by atoms with Crippen molar-refractivity contribution in [1.82, 2.24) is 9.38 Å². The van der Waals surface area contributed by atoms with Crippen LogP contribution in [-0.2, 0) is 11.4 Å². The van der Waals surface area contributed by atoms with Gasteiger partial charge in [0, 0.05) is 29.7 Å². The number of benzene rings is 1. The van der Waals surface area contributed by atoms with Crippen LogP contribution in [0.1, 0.15) is 19.4 Å². The Morgan fingerprint density at radius 2 is 2.14 bits per heavy atom. The molecule has 2 heterocycles. The molecular weight excluding hydrogens is 380 g/mol. The normalized spacial score (nSPS) is 12.4. The fraction of sp³-hybridized carbons (Fsp3) is 0.300. The summed E-state index contributed by atoms with van der Waals surface area (Å²) >= 11 is 6.24. The number of carbonyl (C=O) groups is 1. The van der Waals surface area contributed by atoms with E-state index in [9.17, 15) is 9.90 Å². The Morgan fingerprint density at radius 3 is 2.79 bits per heavy atom. The summed E-state index contributed by atoms with van der Waals surface area (Å²) in [5.74, 6) is 0.291. The number of ether oxygens (including phenoxy) is 1. The van der Waals surface area contributed by atoms with Crippen LogP contribution in [0.15, 0.2) is 36.7 Å². The Balaban J connectivity index is 1.95. The molecule has 1 aromatic carbocycles. The highest BCUT2D eigenvalue weighted by Gasteiger charge is 2.18. The molecule has 0 spiro atoms. The van der Waals surface area contributed by atoms with Gasteiger partial charge in [0.15, 0.2) is 0 Å². The van der Waals surface area contributed by atoms with Gasteiger partial charge in [0.1, 0.15) is 11.4 Å². The molecule has 3 aromatic rings. The Morgan fingerprint density at radius 1 is 1.39 bits per heavy atom. The van der Waals surface area contributed by atoms with E-state index in [0.717, 1.165) is 0 Å². The quantitative estimate of drug-likeness (QED) is 0.588. The number of fused-ring (bicyclic) bond motifs is 1. The minimum absolute atomic E-state index is 0.0403. The number of aliphatic hydroxyl groups excluding tert-OH is 1. The molecule has 0 aliphatic rings. The topological polar surface area (TPSA) is 102 Å². The van der Waals surface area contributed by atoms with Gasteiger partial charge in [-0.1, -0.05) is 25.4 Å². The molecule has 0 radical (unpaired) electrons. The number of halogens is 1. The number of hydrogen-bond donors (Lipinski definition) is 3. The van der Waals surface area contributed by atoms with Crippen LogP contribution in [-0.4, -0.2) is 33.6 Å². The SMILES string of the molecule is COc1cc(CO)c(-c2cn3ccc(NC(=O)[C@@H](N)C(C)C)cc3n2)cc1Cl. The molecule has 0 saturated carbocycles. The molecule has 0 saturated heterocycles. The van der Waals surface area contributed by atoms with E-state index < -0.39 is 6.04 Å². The van der Waals surface area contributed by atoms with Crippen LogP contribution in [0.5, 0.6) is 5.75 Å². The molecule has 0 aliphatic heterocycles. The standard InChI is InChI=1S/C20H23ClN4O3/c1-11(2)19(22)20(27)23-13-4-5-25-9-16(24-18(25)7-13)14-8-15(21)17(28-3)6-12(14)10-26/h4-9,11,19,26H,10,22H2,1-3H3,(H,23,27)/t19-/m0/s1. The van der Waals surface area contributed by atoms with E-state index in [4.69, 9.17) is 22.1 Å². The van der Waals surface area contributed by atoms with Crippen molar-refractivity contribution in [3.63, 3.8) is 0 Å². The van der Waals surface area contributed by atoms with Crippen LogP contribution in [0.4, 0.5) is 5.69 Å². The van der Waals surface area contributed by atoms with Gasteiger partial charge in [0.25, 0.3) is 0 Å². The smallest absolute Gasteiger partial charge is 0.241 e. The number of hydrogen-bond acceptors (Lipinski definition) is 5. The number of amides is 1. The molecule has 148 valence electrons. The number of nitrogens with one attached hydrogen (secondary N) is 1. The van der Waals surface area contributed by atoms with E-state index >= 15 is 0 Å². The Hall–Kier alpha value is -2.61. The van der Waals surface area contributed by atoms with Crippen molar-refractivity contribution < 1.29 is 14.6 Å². The molecule has 4 N–H and O–H groups in total. The third kappa shape index (κ3) is 3.96. The number of methoxy groups -OCH3 is 1. The lowest BCUT2D eigenvalue weighted by atomic mass is 10.1. The number of aromatic nitrogens is 2. The number of nitrogens with zero attached hydrogens (tertiary/aromatic N) is 2. The number of aliphatic hydroxyl groups is 1. The van der Waals surface area contributed by atoms with Crippen LogP contribution in [0.3, 0.4) is 0 Å². The van der Waals surface area contributed by atoms with Gasteiger partial charge in [-0.15, -0.1) is 0 Å². The molecule has 1 atom stereocenters. The second kappa shape index (κ2) is 8.18. The summed E-state index contributed by atoms with van der Waals surface area (Å²) in [7, 11) is 1.52. The summed E-state index contributed by atoms with van der Waals surface area (Å²) in [6.07, 6.45) is 3.63. The lowest BCUT2D eigenvalue weighted by Gasteiger charge is -2.15. The zero-order valence-electron chi connectivity index (χ0n) is 15.9. The predicted molar refractivity (Wildman–Crippen MR) is 110 cm³/mol. The van der Waals surface area contributed by atoms with Crippen molar-refractivity contribution >= 4 is 28.8 Å². The Labute approximate surface area is 168 Å². The summed E-state index contributed by atoms with van der Waals surface area (Å²) in [4.78, 5) is 16.8. The number of imidazole rings is 1. The molecule has 7 nitrogen and oxygen atoms in total. The first-order valence-electron chi connectivity index (χ1n) is 8.87. The maximum atomic E-state index is 12.2. The van der Waals surface area contributed by atoms with Crippen molar-refractivity contribution in [2.24, 2.45) is 11.7 Å². The fourth-order valence-electron chi connectivity index (χ4n) is 2.84. The van der Waals surface area contributed by atoms with E-state index in [1.54, 1.807) is 30.5 Å². The molecule has 3 rings (SSSR count).